The number of nitrogens with zero attached hydrogens (tertiary/aromatic N) is 1. The molecule has 0 aliphatic carbocycles. The van der Waals surface area contributed by atoms with E-state index in [0.29, 0.717) is 5.69 Å². The quantitative estimate of drug-likeness (QED) is 0.773. The van der Waals surface area contributed by atoms with Crippen molar-refractivity contribution in [3.8, 4) is 0 Å². The highest BCUT2D eigenvalue weighted by Gasteiger charge is 2.28. The van der Waals surface area contributed by atoms with Gasteiger partial charge in [0.25, 0.3) is 15.9 Å². The molecule has 0 fully saturated rings. The van der Waals surface area contributed by atoms with Crippen molar-refractivity contribution in [3.63, 3.8) is 0 Å². The van der Waals surface area contributed by atoms with Gasteiger partial charge in [-0.05, 0) is 61.4 Å². The molecule has 0 radical (unpaired) electrons. The number of benzene rings is 2. The Morgan fingerprint density at radius 3 is 2.18 bits per heavy atom. The van der Waals surface area contributed by atoms with Gasteiger partial charge in [0.1, 0.15) is 0 Å². The van der Waals surface area contributed by atoms with E-state index in [4.69, 9.17) is 0 Å². The van der Waals surface area contributed by atoms with Crippen molar-refractivity contribution >= 4 is 21.6 Å². The van der Waals surface area contributed by atoms with Gasteiger partial charge in [-0.3, -0.25) is 9.52 Å². The first-order valence-corrected chi connectivity index (χ1v) is 9.90. The average Bonchev–Trinajstić information content (AvgIpc) is 2.61. The van der Waals surface area contributed by atoms with E-state index in [1.165, 1.54) is 31.3 Å². The first kappa shape index (κ1) is 21.7. The number of aryl methyl sites for hydroxylation is 2. The minimum absolute atomic E-state index is 0.0553. The fourth-order valence-corrected chi connectivity index (χ4v) is 3.46. The third-order valence-corrected chi connectivity index (χ3v) is 5.65. The van der Waals surface area contributed by atoms with Gasteiger partial charge in [0.15, 0.2) is 0 Å². The van der Waals surface area contributed by atoms with E-state index in [9.17, 15) is 26.4 Å². The summed E-state index contributed by atoms with van der Waals surface area (Å²) in [7, 11) is -2.60. The van der Waals surface area contributed by atoms with Gasteiger partial charge in [-0.25, -0.2) is 8.42 Å². The van der Waals surface area contributed by atoms with Gasteiger partial charge in [0.2, 0.25) is 0 Å². The molecular weight excluding hydrogens is 393 g/mol. The van der Waals surface area contributed by atoms with E-state index in [2.05, 4.69) is 4.72 Å². The predicted molar refractivity (Wildman–Crippen MR) is 101 cm³/mol. The highest BCUT2D eigenvalue weighted by atomic mass is 32.2. The molecule has 28 heavy (non-hydrogen) atoms. The molecule has 0 saturated carbocycles. The van der Waals surface area contributed by atoms with Crippen LogP contribution in [-0.2, 0) is 10.0 Å². The Morgan fingerprint density at radius 2 is 1.64 bits per heavy atom. The van der Waals surface area contributed by atoms with Crippen molar-refractivity contribution in [2.75, 3.05) is 18.3 Å². The van der Waals surface area contributed by atoms with Crippen LogP contribution < -0.4 is 4.72 Å². The number of rotatable bonds is 6. The summed E-state index contributed by atoms with van der Waals surface area (Å²) in [5, 5.41) is 0. The molecule has 0 aliphatic heterocycles. The zero-order chi connectivity index (χ0) is 21.1. The summed E-state index contributed by atoms with van der Waals surface area (Å²) < 4.78 is 64.3. The maximum Gasteiger partial charge on any atom is 0.390 e. The third-order valence-electron chi connectivity index (χ3n) is 4.25. The molecule has 9 heteroatoms. The Morgan fingerprint density at radius 1 is 1.04 bits per heavy atom. The molecule has 0 aromatic heterocycles. The molecule has 2 aromatic rings. The van der Waals surface area contributed by atoms with Crippen LogP contribution in [0.2, 0.25) is 0 Å². The maximum absolute atomic E-state index is 12.5. The lowest BCUT2D eigenvalue weighted by Gasteiger charge is -2.18. The van der Waals surface area contributed by atoms with E-state index in [1.54, 1.807) is 18.2 Å². The molecule has 2 rings (SSSR count). The summed E-state index contributed by atoms with van der Waals surface area (Å²) in [6.45, 7) is 3.30. The van der Waals surface area contributed by atoms with Gasteiger partial charge in [-0.2, -0.15) is 13.2 Å². The molecule has 0 saturated heterocycles. The van der Waals surface area contributed by atoms with Crippen LogP contribution in [0.3, 0.4) is 0 Å². The van der Waals surface area contributed by atoms with Crippen LogP contribution in [0.5, 0.6) is 0 Å². The van der Waals surface area contributed by atoms with Crippen LogP contribution in [0, 0.1) is 13.8 Å². The van der Waals surface area contributed by atoms with Crippen LogP contribution >= 0.6 is 0 Å². The standard InChI is InChI=1S/C19H21F3N2O3S/c1-13-4-7-16(12-14(13)2)23-28(26,27)17-8-5-15(6-9-17)18(25)24(3)11-10-19(20,21)22/h4-9,12,23H,10-11H2,1-3H3. The number of alkyl halides is 3. The van der Waals surface area contributed by atoms with Crippen LogP contribution in [0.15, 0.2) is 47.4 Å². The second-order valence-electron chi connectivity index (χ2n) is 6.52. The maximum atomic E-state index is 12.5. The summed E-state index contributed by atoms with van der Waals surface area (Å²) in [6, 6.07) is 10.2. The van der Waals surface area contributed by atoms with Gasteiger partial charge in [-0.1, -0.05) is 6.07 Å². The lowest BCUT2D eigenvalue weighted by molar-refractivity contribution is -0.136. The number of carbonyl (C=O) groups is 1. The minimum atomic E-state index is -4.35. The van der Waals surface area contributed by atoms with Crippen LogP contribution in [0.4, 0.5) is 18.9 Å². The van der Waals surface area contributed by atoms with Crippen molar-refractivity contribution in [1.29, 1.82) is 0 Å². The second-order valence-corrected chi connectivity index (χ2v) is 8.20. The van der Waals surface area contributed by atoms with Gasteiger partial charge < -0.3 is 4.90 Å². The summed E-state index contributed by atoms with van der Waals surface area (Å²) in [5.74, 6) is -0.615. The van der Waals surface area contributed by atoms with E-state index in [0.717, 1.165) is 16.0 Å². The number of sulfonamides is 1. The molecule has 0 aliphatic rings. The lowest BCUT2D eigenvalue weighted by Crippen LogP contribution is -2.30. The number of halogens is 3. The zero-order valence-corrected chi connectivity index (χ0v) is 16.5. The number of carbonyl (C=O) groups excluding carboxylic acids is 1. The highest BCUT2D eigenvalue weighted by molar-refractivity contribution is 7.92. The molecule has 1 N–H and O–H groups in total. The molecule has 5 nitrogen and oxygen atoms in total. The molecule has 0 atom stereocenters. The molecule has 0 bridgehead atoms. The number of hydrogen-bond donors (Lipinski definition) is 1. The van der Waals surface area contributed by atoms with Crippen molar-refractivity contribution in [2.45, 2.75) is 31.3 Å². The van der Waals surface area contributed by atoms with E-state index < -0.39 is 35.1 Å². The Labute approximate surface area is 162 Å². The largest absolute Gasteiger partial charge is 0.390 e. The molecule has 0 unspecified atom stereocenters. The van der Waals surface area contributed by atoms with Crippen LogP contribution in [0.1, 0.15) is 27.9 Å². The number of amides is 1. The average molecular weight is 414 g/mol. The summed E-state index contributed by atoms with van der Waals surface area (Å²) in [5.41, 5.74) is 2.48. The van der Waals surface area contributed by atoms with Gasteiger partial charge in [-0.15, -0.1) is 0 Å². The van der Waals surface area contributed by atoms with Crippen molar-refractivity contribution < 1.29 is 26.4 Å². The minimum Gasteiger partial charge on any atom is -0.341 e. The monoisotopic (exact) mass is 414 g/mol. The normalized spacial score (nSPS) is 11.9. The summed E-state index contributed by atoms with van der Waals surface area (Å²) in [4.78, 5) is 13.1. The molecule has 0 spiro atoms. The Hall–Kier alpha value is -2.55. The predicted octanol–water partition coefficient (Wildman–Crippen LogP) is 4.13. The fraction of sp³-hybridized carbons (Fsp3) is 0.316. The number of anilines is 1. The van der Waals surface area contributed by atoms with Gasteiger partial charge in [0.05, 0.1) is 11.3 Å². The Kier molecular flexibility index (Phi) is 6.38. The zero-order valence-electron chi connectivity index (χ0n) is 15.7. The molecule has 1 amide bonds. The molecule has 2 aromatic carbocycles. The second kappa shape index (κ2) is 8.22. The topological polar surface area (TPSA) is 66.5 Å². The number of nitrogens with one attached hydrogen (secondary N) is 1. The van der Waals surface area contributed by atoms with Gasteiger partial charge in [0, 0.05) is 24.8 Å². The SMILES string of the molecule is Cc1ccc(NS(=O)(=O)c2ccc(C(=O)N(C)CCC(F)(F)F)cc2)cc1C. The molecule has 0 heterocycles. The van der Waals surface area contributed by atoms with E-state index in [-0.39, 0.29) is 10.5 Å². The highest BCUT2D eigenvalue weighted by Crippen LogP contribution is 2.21. The Bertz CT molecular complexity index is 955. The first-order chi connectivity index (χ1) is 12.9. The van der Waals surface area contributed by atoms with Crippen LogP contribution in [-0.4, -0.2) is 39.0 Å². The third kappa shape index (κ3) is 5.72. The fourth-order valence-electron chi connectivity index (χ4n) is 2.41. The van der Waals surface area contributed by atoms with E-state index >= 15 is 0 Å². The van der Waals surface area contributed by atoms with Crippen molar-refractivity contribution in [3.05, 3.63) is 59.2 Å². The Balaban J connectivity index is 2.11. The summed E-state index contributed by atoms with van der Waals surface area (Å²) in [6.07, 6.45) is -5.46. The smallest absolute Gasteiger partial charge is 0.341 e. The van der Waals surface area contributed by atoms with Gasteiger partial charge >= 0.3 is 6.18 Å². The van der Waals surface area contributed by atoms with Crippen molar-refractivity contribution in [2.24, 2.45) is 0 Å². The molecule has 152 valence electrons. The van der Waals surface area contributed by atoms with E-state index in [1.807, 2.05) is 13.8 Å². The van der Waals surface area contributed by atoms with Crippen molar-refractivity contribution in [1.82, 2.24) is 4.90 Å². The first-order valence-electron chi connectivity index (χ1n) is 8.41. The number of hydrogen-bond acceptors (Lipinski definition) is 3. The molecular formula is C19H21F3N2O3S. The summed E-state index contributed by atoms with van der Waals surface area (Å²) >= 11 is 0. The lowest BCUT2D eigenvalue weighted by atomic mass is 10.1. The van der Waals surface area contributed by atoms with Crippen LogP contribution in [0.25, 0.3) is 0 Å².